The molecule has 0 aliphatic carbocycles. The Morgan fingerprint density at radius 3 is 3.08 bits per heavy atom. The van der Waals surface area contributed by atoms with E-state index >= 15 is 0 Å². The molecule has 1 atom stereocenters. The van der Waals surface area contributed by atoms with Crippen molar-refractivity contribution in [1.82, 2.24) is 5.32 Å². The van der Waals surface area contributed by atoms with Gasteiger partial charge in [-0.1, -0.05) is 18.2 Å². The zero-order valence-electron chi connectivity index (χ0n) is 7.41. The van der Waals surface area contributed by atoms with Gasteiger partial charge in [-0.25, -0.2) is 0 Å². The van der Waals surface area contributed by atoms with E-state index in [1.54, 1.807) is 0 Å². The molecule has 1 heterocycles. The molecule has 2 rings (SSSR count). The summed E-state index contributed by atoms with van der Waals surface area (Å²) in [7, 11) is 0. The quantitative estimate of drug-likeness (QED) is 0.647. The van der Waals surface area contributed by atoms with Crippen molar-refractivity contribution in [2.75, 3.05) is 6.61 Å². The smallest absolute Gasteiger partial charge is 0.258 e. The van der Waals surface area contributed by atoms with Crippen LogP contribution in [0.2, 0.25) is 0 Å². The molecule has 0 bridgehead atoms. The number of carbonyl (C=O) groups excluding carboxylic acids is 1. The number of rotatable bonds is 0. The summed E-state index contributed by atoms with van der Waals surface area (Å²) in [6, 6.07) is 7.72. The van der Waals surface area contributed by atoms with E-state index < -0.39 is 0 Å². The van der Waals surface area contributed by atoms with Crippen molar-refractivity contribution in [3.05, 3.63) is 29.8 Å². The summed E-state index contributed by atoms with van der Waals surface area (Å²) in [6.45, 7) is 2.06. The first-order valence-corrected chi connectivity index (χ1v) is 4.28. The lowest BCUT2D eigenvalue weighted by Crippen LogP contribution is -2.28. The highest BCUT2D eigenvalue weighted by atomic mass is 16.5. The summed E-state index contributed by atoms with van der Waals surface area (Å²) < 4.78 is 5.32. The molecule has 1 aromatic carbocycles. The first-order chi connectivity index (χ1) is 6.27. The van der Waals surface area contributed by atoms with E-state index in [1.165, 1.54) is 0 Å². The van der Waals surface area contributed by atoms with E-state index in [1.807, 2.05) is 31.2 Å². The van der Waals surface area contributed by atoms with Crippen LogP contribution >= 0.6 is 0 Å². The Labute approximate surface area is 76.7 Å². The van der Waals surface area contributed by atoms with E-state index in [2.05, 4.69) is 5.32 Å². The Hall–Kier alpha value is -1.51. The number of ether oxygens (including phenoxy) is 1. The van der Waals surface area contributed by atoms with E-state index in [0.717, 1.165) is 11.3 Å². The van der Waals surface area contributed by atoms with Gasteiger partial charge in [0, 0.05) is 5.56 Å². The van der Waals surface area contributed by atoms with Gasteiger partial charge < -0.3 is 10.1 Å². The van der Waals surface area contributed by atoms with E-state index in [-0.39, 0.29) is 18.6 Å². The van der Waals surface area contributed by atoms with Gasteiger partial charge in [0.2, 0.25) is 0 Å². The number of para-hydroxylation sites is 1. The van der Waals surface area contributed by atoms with Gasteiger partial charge in [0.05, 0.1) is 6.04 Å². The molecule has 0 radical (unpaired) electrons. The zero-order valence-corrected chi connectivity index (χ0v) is 7.41. The Morgan fingerprint density at radius 2 is 2.23 bits per heavy atom. The number of benzene rings is 1. The van der Waals surface area contributed by atoms with Crippen molar-refractivity contribution in [3.8, 4) is 5.75 Å². The summed E-state index contributed by atoms with van der Waals surface area (Å²) in [5.41, 5.74) is 1.04. The monoisotopic (exact) mass is 177 g/mol. The Balaban J connectivity index is 2.40. The van der Waals surface area contributed by atoms with Gasteiger partial charge in [0.25, 0.3) is 5.91 Å². The minimum absolute atomic E-state index is 0.0335. The average Bonchev–Trinajstić information content (AvgIpc) is 2.27. The molecule has 3 nitrogen and oxygen atoms in total. The normalized spacial score (nSPS) is 21.0. The zero-order chi connectivity index (χ0) is 9.26. The fourth-order valence-electron chi connectivity index (χ4n) is 1.47. The number of carbonyl (C=O) groups is 1. The van der Waals surface area contributed by atoms with Crippen molar-refractivity contribution in [1.29, 1.82) is 0 Å². The standard InChI is InChI=1S/C10H11NO2/c1-7-8-4-2-3-5-9(8)13-6-10(12)11-7/h2-5,7H,6H2,1H3,(H,11,12)/t7-/m0/s1. The van der Waals surface area contributed by atoms with Crippen LogP contribution in [0.4, 0.5) is 0 Å². The number of hydrogen-bond donors (Lipinski definition) is 1. The molecule has 68 valence electrons. The maximum Gasteiger partial charge on any atom is 0.258 e. The minimum atomic E-state index is -0.0660. The van der Waals surface area contributed by atoms with Crippen LogP contribution in [0.1, 0.15) is 18.5 Å². The minimum Gasteiger partial charge on any atom is -0.483 e. The Bertz CT molecular complexity index is 335. The molecule has 1 amide bonds. The highest BCUT2D eigenvalue weighted by Crippen LogP contribution is 2.26. The van der Waals surface area contributed by atoms with Crippen LogP contribution < -0.4 is 10.1 Å². The van der Waals surface area contributed by atoms with Crippen LogP contribution in [0.5, 0.6) is 5.75 Å². The molecule has 0 aromatic heterocycles. The first kappa shape index (κ1) is 8.10. The van der Waals surface area contributed by atoms with Gasteiger partial charge in [-0.05, 0) is 13.0 Å². The predicted octanol–water partition coefficient (Wildman–Crippen LogP) is 1.26. The van der Waals surface area contributed by atoms with Crippen LogP contribution in [0, 0.1) is 0 Å². The number of amides is 1. The van der Waals surface area contributed by atoms with Crippen molar-refractivity contribution in [3.63, 3.8) is 0 Å². The topological polar surface area (TPSA) is 38.3 Å². The van der Waals surface area contributed by atoms with E-state index in [0.29, 0.717) is 0 Å². The predicted molar refractivity (Wildman–Crippen MR) is 48.5 cm³/mol. The maximum absolute atomic E-state index is 11.1. The van der Waals surface area contributed by atoms with Crippen molar-refractivity contribution in [2.45, 2.75) is 13.0 Å². The number of nitrogens with one attached hydrogen (secondary N) is 1. The van der Waals surface area contributed by atoms with Gasteiger partial charge in [-0.2, -0.15) is 0 Å². The third kappa shape index (κ3) is 1.49. The molecule has 3 heteroatoms. The fraction of sp³-hybridized carbons (Fsp3) is 0.300. The third-order valence-corrected chi connectivity index (χ3v) is 2.12. The molecule has 0 fully saturated rings. The lowest BCUT2D eigenvalue weighted by atomic mass is 10.1. The summed E-state index contributed by atoms with van der Waals surface area (Å²) in [4.78, 5) is 11.1. The lowest BCUT2D eigenvalue weighted by Gasteiger charge is -2.10. The van der Waals surface area contributed by atoms with E-state index in [4.69, 9.17) is 4.74 Å². The summed E-state index contributed by atoms with van der Waals surface area (Å²) in [5, 5.41) is 2.83. The maximum atomic E-state index is 11.1. The van der Waals surface area contributed by atoms with Crippen LogP contribution in [-0.4, -0.2) is 12.5 Å². The summed E-state index contributed by atoms with van der Waals surface area (Å²) in [5.74, 6) is 0.733. The third-order valence-electron chi connectivity index (χ3n) is 2.12. The molecule has 1 aliphatic rings. The summed E-state index contributed by atoms with van der Waals surface area (Å²) >= 11 is 0. The average molecular weight is 177 g/mol. The van der Waals surface area contributed by atoms with Gasteiger partial charge in [0.1, 0.15) is 5.75 Å². The second kappa shape index (κ2) is 3.09. The fourth-order valence-corrected chi connectivity index (χ4v) is 1.47. The second-order valence-electron chi connectivity index (χ2n) is 3.12. The molecular weight excluding hydrogens is 166 g/mol. The molecule has 13 heavy (non-hydrogen) atoms. The molecule has 0 saturated heterocycles. The van der Waals surface area contributed by atoms with Crippen LogP contribution in [0.3, 0.4) is 0 Å². The van der Waals surface area contributed by atoms with Crippen LogP contribution in [-0.2, 0) is 4.79 Å². The SMILES string of the molecule is C[C@@H]1NC(=O)COc2ccccc21. The van der Waals surface area contributed by atoms with Crippen LogP contribution in [0.15, 0.2) is 24.3 Å². The molecule has 0 saturated carbocycles. The van der Waals surface area contributed by atoms with Gasteiger partial charge in [0.15, 0.2) is 6.61 Å². The van der Waals surface area contributed by atoms with Gasteiger partial charge >= 0.3 is 0 Å². The van der Waals surface area contributed by atoms with Gasteiger partial charge in [-0.15, -0.1) is 0 Å². The number of fused-ring (bicyclic) bond motifs is 1. The molecule has 1 N–H and O–H groups in total. The molecule has 0 spiro atoms. The Kier molecular flexibility index (Phi) is 1.93. The molecular formula is C10H11NO2. The largest absolute Gasteiger partial charge is 0.483 e. The van der Waals surface area contributed by atoms with Crippen molar-refractivity contribution >= 4 is 5.91 Å². The van der Waals surface area contributed by atoms with Crippen LogP contribution in [0.25, 0.3) is 0 Å². The summed E-state index contributed by atoms with van der Waals surface area (Å²) in [6.07, 6.45) is 0. The molecule has 1 aliphatic heterocycles. The molecule has 1 aromatic rings. The molecule has 0 unspecified atom stereocenters. The Morgan fingerprint density at radius 1 is 1.46 bits per heavy atom. The van der Waals surface area contributed by atoms with Crippen molar-refractivity contribution < 1.29 is 9.53 Å². The first-order valence-electron chi connectivity index (χ1n) is 4.28. The highest BCUT2D eigenvalue weighted by molar-refractivity contribution is 5.78. The highest BCUT2D eigenvalue weighted by Gasteiger charge is 2.18. The van der Waals surface area contributed by atoms with E-state index in [9.17, 15) is 4.79 Å². The van der Waals surface area contributed by atoms with Gasteiger partial charge in [-0.3, -0.25) is 4.79 Å². The van der Waals surface area contributed by atoms with Crippen molar-refractivity contribution in [2.24, 2.45) is 0 Å². The number of hydrogen-bond acceptors (Lipinski definition) is 2. The lowest BCUT2D eigenvalue weighted by molar-refractivity contribution is -0.123. The second-order valence-corrected chi connectivity index (χ2v) is 3.12.